The van der Waals surface area contributed by atoms with Crippen LogP contribution in [0.1, 0.15) is 29.5 Å². The second kappa shape index (κ2) is 9.81. The van der Waals surface area contributed by atoms with Crippen molar-refractivity contribution in [1.29, 1.82) is 0 Å². The van der Waals surface area contributed by atoms with Gasteiger partial charge in [-0.05, 0) is 23.6 Å². The summed E-state index contributed by atoms with van der Waals surface area (Å²) >= 11 is 6.57. The van der Waals surface area contributed by atoms with Crippen molar-refractivity contribution in [2.24, 2.45) is 12.0 Å². The monoisotopic (exact) mass is 430 g/mol. The number of nitrogens with one attached hydrogen (secondary N) is 1. The van der Waals surface area contributed by atoms with Gasteiger partial charge in [-0.1, -0.05) is 29.8 Å². The lowest BCUT2D eigenvalue weighted by molar-refractivity contribution is 0.0169. The predicted octanol–water partition coefficient (Wildman–Crippen LogP) is 2.51. The first kappa shape index (κ1) is 21.2. The van der Waals surface area contributed by atoms with Crippen LogP contribution in [0, 0.1) is 0 Å². The third kappa shape index (κ3) is 4.79. The molecule has 7 nitrogen and oxygen atoms in total. The molecule has 2 unspecified atom stereocenters. The van der Waals surface area contributed by atoms with E-state index in [0.717, 1.165) is 68.9 Å². The van der Waals surface area contributed by atoms with Gasteiger partial charge in [-0.15, -0.1) is 0 Å². The Hall–Kier alpha value is -2.09. The summed E-state index contributed by atoms with van der Waals surface area (Å²) in [5.41, 5.74) is 2.45. The van der Waals surface area contributed by atoms with Crippen LogP contribution in [0.4, 0.5) is 0 Å². The summed E-state index contributed by atoms with van der Waals surface area (Å²) in [4.78, 5) is 9.37. The molecule has 2 aliphatic rings. The Bertz CT molecular complexity index is 863. The van der Waals surface area contributed by atoms with Crippen molar-refractivity contribution in [3.63, 3.8) is 0 Å². The maximum Gasteiger partial charge on any atom is 0.193 e. The molecule has 8 heteroatoms. The van der Waals surface area contributed by atoms with Gasteiger partial charge in [0.1, 0.15) is 0 Å². The van der Waals surface area contributed by atoms with Gasteiger partial charge in [0.2, 0.25) is 0 Å². The molecule has 1 N–H and O–H groups in total. The standard InChI is InChI=1S/C22H31ClN6O/c1-24-22(29-8-7-17(16-29)18-13-26-27(2)15-18)25-14-21(28-9-11-30-12-10-28)19-5-3-4-6-20(19)23/h3-6,13,15,17,21H,7-12,14,16H2,1-2H3,(H,24,25). The Labute approximate surface area is 183 Å². The number of aliphatic imine (C=N–C) groups is 1. The molecule has 1 aromatic carbocycles. The Morgan fingerprint density at radius 3 is 2.80 bits per heavy atom. The maximum absolute atomic E-state index is 6.57. The number of hydrogen-bond donors (Lipinski definition) is 1. The first-order valence-electron chi connectivity index (χ1n) is 10.7. The number of likely N-dealkylation sites (tertiary alicyclic amines) is 1. The molecule has 162 valence electrons. The van der Waals surface area contributed by atoms with Crippen molar-refractivity contribution < 1.29 is 4.74 Å². The summed E-state index contributed by atoms with van der Waals surface area (Å²) in [5, 5.41) is 8.76. The van der Waals surface area contributed by atoms with E-state index in [1.165, 1.54) is 5.56 Å². The zero-order chi connectivity index (χ0) is 20.9. The minimum Gasteiger partial charge on any atom is -0.379 e. The molecule has 0 aliphatic carbocycles. The van der Waals surface area contributed by atoms with Crippen molar-refractivity contribution in [1.82, 2.24) is 24.9 Å². The van der Waals surface area contributed by atoms with Crippen LogP contribution < -0.4 is 5.32 Å². The SMILES string of the molecule is CN=C(NCC(c1ccccc1Cl)N1CCOCC1)N1CCC(c2cnn(C)c2)C1. The average molecular weight is 431 g/mol. The van der Waals surface area contributed by atoms with Crippen molar-refractivity contribution >= 4 is 17.6 Å². The highest BCUT2D eigenvalue weighted by atomic mass is 35.5. The number of nitrogens with zero attached hydrogens (tertiary/aromatic N) is 5. The normalized spacial score (nSPS) is 21.8. The Morgan fingerprint density at radius 1 is 1.30 bits per heavy atom. The van der Waals surface area contributed by atoms with Crippen LogP contribution in [0.5, 0.6) is 0 Å². The molecule has 0 radical (unpaired) electrons. The Balaban J connectivity index is 1.43. The van der Waals surface area contributed by atoms with Crippen LogP contribution in [0.25, 0.3) is 0 Å². The largest absolute Gasteiger partial charge is 0.379 e. The molecule has 2 atom stereocenters. The van der Waals surface area contributed by atoms with Crippen LogP contribution in [0.2, 0.25) is 5.02 Å². The second-order valence-electron chi connectivity index (χ2n) is 7.99. The smallest absolute Gasteiger partial charge is 0.193 e. The van der Waals surface area contributed by atoms with E-state index in [-0.39, 0.29) is 6.04 Å². The van der Waals surface area contributed by atoms with E-state index in [4.69, 9.17) is 16.3 Å². The number of aromatic nitrogens is 2. The number of halogens is 1. The van der Waals surface area contributed by atoms with Crippen molar-refractivity contribution in [2.45, 2.75) is 18.4 Å². The van der Waals surface area contributed by atoms with Gasteiger partial charge < -0.3 is 15.0 Å². The van der Waals surface area contributed by atoms with Gasteiger partial charge in [0, 0.05) is 64.0 Å². The molecule has 1 aromatic heterocycles. The molecule has 2 fully saturated rings. The second-order valence-corrected chi connectivity index (χ2v) is 8.40. The molecule has 0 spiro atoms. The van der Waals surface area contributed by atoms with Gasteiger partial charge in [0.15, 0.2) is 5.96 Å². The Morgan fingerprint density at radius 2 is 2.10 bits per heavy atom. The number of guanidine groups is 1. The quantitative estimate of drug-likeness (QED) is 0.583. The highest BCUT2D eigenvalue weighted by Gasteiger charge is 2.29. The fourth-order valence-corrected chi connectivity index (χ4v) is 4.73. The molecule has 2 aromatic rings. The molecule has 2 saturated heterocycles. The number of morpholine rings is 1. The number of rotatable bonds is 5. The van der Waals surface area contributed by atoms with Crippen LogP contribution in [0.15, 0.2) is 41.7 Å². The average Bonchev–Trinajstić information content (AvgIpc) is 3.42. The van der Waals surface area contributed by atoms with Crippen molar-refractivity contribution in [3.8, 4) is 0 Å². The fourth-order valence-electron chi connectivity index (χ4n) is 4.47. The van der Waals surface area contributed by atoms with Crippen LogP contribution in [-0.4, -0.2) is 78.5 Å². The Kier molecular flexibility index (Phi) is 6.92. The maximum atomic E-state index is 6.57. The number of benzene rings is 1. The molecule has 4 rings (SSSR count). The molecule has 2 aliphatic heterocycles. The molecular formula is C22H31ClN6O. The highest BCUT2D eigenvalue weighted by molar-refractivity contribution is 6.31. The predicted molar refractivity (Wildman–Crippen MR) is 120 cm³/mol. The van der Waals surface area contributed by atoms with E-state index in [2.05, 4.69) is 43.5 Å². The molecule has 0 amide bonds. The molecule has 0 bridgehead atoms. The van der Waals surface area contributed by atoms with Gasteiger partial charge in [-0.3, -0.25) is 14.6 Å². The molecule has 0 saturated carbocycles. The van der Waals surface area contributed by atoms with E-state index in [0.29, 0.717) is 5.92 Å². The lowest BCUT2D eigenvalue weighted by Crippen LogP contribution is -2.47. The molecular weight excluding hydrogens is 400 g/mol. The van der Waals surface area contributed by atoms with Crippen LogP contribution >= 0.6 is 11.6 Å². The van der Waals surface area contributed by atoms with Crippen molar-refractivity contribution in [3.05, 3.63) is 52.8 Å². The van der Waals surface area contributed by atoms with Gasteiger partial charge in [-0.25, -0.2) is 0 Å². The van der Waals surface area contributed by atoms with Gasteiger partial charge >= 0.3 is 0 Å². The fraction of sp³-hybridized carbons (Fsp3) is 0.545. The summed E-state index contributed by atoms with van der Waals surface area (Å²) in [6.07, 6.45) is 5.22. The lowest BCUT2D eigenvalue weighted by atomic mass is 10.0. The zero-order valence-electron chi connectivity index (χ0n) is 17.8. The van der Waals surface area contributed by atoms with Gasteiger partial charge in [0.25, 0.3) is 0 Å². The van der Waals surface area contributed by atoms with Crippen LogP contribution in [0.3, 0.4) is 0 Å². The van der Waals surface area contributed by atoms with Gasteiger partial charge in [-0.2, -0.15) is 5.10 Å². The van der Waals surface area contributed by atoms with E-state index in [1.54, 1.807) is 0 Å². The van der Waals surface area contributed by atoms with E-state index in [1.807, 2.05) is 37.1 Å². The highest BCUT2D eigenvalue weighted by Crippen LogP contribution is 2.29. The van der Waals surface area contributed by atoms with E-state index >= 15 is 0 Å². The minimum atomic E-state index is 0.177. The number of hydrogen-bond acceptors (Lipinski definition) is 4. The lowest BCUT2D eigenvalue weighted by Gasteiger charge is -2.36. The van der Waals surface area contributed by atoms with Crippen molar-refractivity contribution in [2.75, 3.05) is 53.0 Å². The first-order chi connectivity index (χ1) is 14.7. The summed E-state index contributed by atoms with van der Waals surface area (Å²) < 4.78 is 7.44. The third-order valence-electron chi connectivity index (χ3n) is 6.10. The summed E-state index contributed by atoms with van der Waals surface area (Å²) in [5.74, 6) is 1.45. The molecule has 3 heterocycles. The molecule has 30 heavy (non-hydrogen) atoms. The van der Waals surface area contributed by atoms with E-state index in [9.17, 15) is 0 Å². The first-order valence-corrected chi connectivity index (χ1v) is 11.0. The van der Waals surface area contributed by atoms with E-state index < -0.39 is 0 Å². The number of aryl methyl sites for hydroxylation is 1. The third-order valence-corrected chi connectivity index (χ3v) is 6.44. The topological polar surface area (TPSA) is 57.9 Å². The number of ether oxygens (including phenoxy) is 1. The summed E-state index contributed by atoms with van der Waals surface area (Å²) in [6.45, 7) is 6.03. The van der Waals surface area contributed by atoms with Gasteiger partial charge in [0.05, 0.1) is 25.5 Å². The van der Waals surface area contributed by atoms with Crippen LogP contribution in [-0.2, 0) is 11.8 Å². The zero-order valence-corrected chi connectivity index (χ0v) is 18.6. The minimum absolute atomic E-state index is 0.177. The summed E-state index contributed by atoms with van der Waals surface area (Å²) in [7, 11) is 3.83. The summed E-state index contributed by atoms with van der Waals surface area (Å²) in [6, 6.07) is 8.31.